The van der Waals surface area contributed by atoms with E-state index in [4.69, 9.17) is 16.3 Å². The van der Waals surface area contributed by atoms with E-state index < -0.39 is 0 Å². The molecule has 1 aromatic rings. The Hall–Kier alpha value is -1.61. The zero-order valence-electron chi connectivity index (χ0n) is 11.8. The van der Waals surface area contributed by atoms with Crippen LogP contribution in [0.15, 0.2) is 53.1 Å². The monoisotopic (exact) mass is 305 g/mol. The molecule has 0 amide bonds. The van der Waals surface area contributed by atoms with Crippen molar-refractivity contribution in [1.82, 2.24) is 0 Å². The van der Waals surface area contributed by atoms with Gasteiger partial charge in [-0.3, -0.25) is 0 Å². The molecule has 0 saturated carbocycles. The topological polar surface area (TPSA) is 21.6 Å². The maximum absolute atomic E-state index is 13.0. The van der Waals surface area contributed by atoms with Crippen LogP contribution in [0.4, 0.5) is 4.39 Å². The zero-order chi connectivity index (χ0) is 14.8. The van der Waals surface area contributed by atoms with Crippen LogP contribution in [-0.2, 0) is 4.74 Å². The first kappa shape index (κ1) is 14.3. The van der Waals surface area contributed by atoms with E-state index >= 15 is 0 Å². The number of hydrogen-bond donors (Lipinski definition) is 0. The molecule has 0 saturated heterocycles. The fraction of sp³-hybridized carbons (Fsp3) is 0.353. The number of hydrogen-bond acceptors (Lipinski definition) is 2. The van der Waals surface area contributed by atoms with Crippen molar-refractivity contribution in [2.45, 2.75) is 37.3 Å². The Morgan fingerprint density at radius 3 is 2.71 bits per heavy atom. The van der Waals surface area contributed by atoms with Gasteiger partial charge in [0, 0.05) is 5.56 Å². The number of rotatable bonds is 3. The second-order valence-electron chi connectivity index (χ2n) is 5.27. The van der Waals surface area contributed by atoms with Crippen LogP contribution in [-0.4, -0.2) is 23.4 Å². The van der Waals surface area contributed by atoms with Crippen molar-refractivity contribution < 1.29 is 9.13 Å². The summed E-state index contributed by atoms with van der Waals surface area (Å²) in [5.74, 6) is 0.334. The Bertz CT molecular complexity index is 606. The summed E-state index contributed by atoms with van der Waals surface area (Å²) in [4.78, 5) is 4.65. The molecule has 3 rings (SSSR count). The lowest BCUT2D eigenvalue weighted by Crippen LogP contribution is -2.25. The normalized spacial score (nSPS) is 28.0. The maximum atomic E-state index is 13.0. The van der Waals surface area contributed by atoms with E-state index in [1.165, 1.54) is 12.1 Å². The van der Waals surface area contributed by atoms with Crippen LogP contribution in [0, 0.1) is 5.82 Å². The van der Waals surface area contributed by atoms with E-state index in [2.05, 4.69) is 18.0 Å². The first-order valence-electron chi connectivity index (χ1n) is 7.20. The highest BCUT2D eigenvalue weighted by Crippen LogP contribution is 2.29. The largest absolute Gasteiger partial charge is 0.467 e. The van der Waals surface area contributed by atoms with E-state index in [1.807, 2.05) is 12.2 Å². The van der Waals surface area contributed by atoms with Crippen LogP contribution in [0.1, 0.15) is 25.3 Å². The lowest BCUT2D eigenvalue weighted by atomic mass is 9.96. The molecule has 0 aromatic heterocycles. The van der Waals surface area contributed by atoms with Crippen molar-refractivity contribution in [1.29, 1.82) is 0 Å². The molecule has 0 fully saturated rings. The summed E-state index contributed by atoms with van der Waals surface area (Å²) < 4.78 is 19.0. The standard InChI is InChI=1S/C17H17ClFNO/c1-2-15-16(11-3-7-13(18)8-4-11)21-17(20-15)12-5-9-14(19)10-6-12/h3-7,9-10,13,15-16H,2,8H2,1H3. The van der Waals surface area contributed by atoms with Gasteiger partial charge in [0.05, 0.1) is 11.4 Å². The summed E-state index contributed by atoms with van der Waals surface area (Å²) in [6, 6.07) is 6.33. The van der Waals surface area contributed by atoms with Gasteiger partial charge in [0.2, 0.25) is 5.90 Å². The van der Waals surface area contributed by atoms with Gasteiger partial charge in [-0.25, -0.2) is 9.38 Å². The Labute approximate surface area is 129 Å². The second kappa shape index (κ2) is 6.02. The van der Waals surface area contributed by atoms with E-state index in [0.29, 0.717) is 5.90 Å². The van der Waals surface area contributed by atoms with Crippen molar-refractivity contribution >= 4 is 17.5 Å². The highest BCUT2D eigenvalue weighted by atomic mass is 35.5. The zero-order valence-corrected chi connectivity index (χ0v) is 12.6. The molecule has 21 heavy (non-hydrogen) atoms. The van der Waals surface area contributed by atoms with Gasteiger partial charge >= 0.3 is 0 Å². The molecule has 1 aliphatic carbocycles. The number of aliphatic imine (C=N–C) groups is 1. The molecule has 1 aliphatic heterocycles. The van der Waals surface area contributed by atoms with Gasteiger partial charge in [0.25, 0.3) is 0 Å². The van der Waals surface area contributed by atoms with Gasteiger partial charge in [0.1, 0.15) is 11.9 Å². The molecule has 3 atom stereocenters. The number of nitrogens with zero attached hydrogens (tertiary/aromatic N) is 1. The van der Waals surface area contributed by atoms with Crippen LogP contribution in [0.5, 0.6) is 0 Å². The third kappa shape index (κ3) is 3.03. The van der Waals surface area contributed by atoms with Crippen LogP contribution in [0.25, 0.3) is 0 Å². The molecule has 1 heterocycles. The van der Waals surface area contributed by atoms with Gasteiger partial charge < -0.3 is 4.74 Å². The average Bonchev–Trinajstić information content (AvgIpc) is 2.93. The third-order valence-electron chi connectivity index (χ3n) is 3.79. The smallest absolute Gasteiger partial charge is 0.217 e. The first-order chi connectivity index (χ1) is 10.2. The SMILES string of the molecule is CCC1N=C(c2ccc(F)cc2)OC1C1=CCC(Cl)C=C1. The molecule has 2 nitrogen and oxygen atoms in total. The summed E-state index contributed by atoms with van der Waals surface area (Å²) in [5.41, 5.74) is 1.94. The molecule has 4 heteroatoms. The fourth-order valence-electron chi connectivity index (χ4n) is 2.60. The molecule has 0 spiro atoms. The lowest BCUT2D eigenvalue weighted by Gasteiger charge is -2.20. The van der Waals surface area contributed by atoms with Crippen molar-refractivity contribution in [2.24, 2.45) is 4.99 Å². The Kier molecular flexibility index (Phi) is 4.11. The molecule has 0 N–H and O–H groups in total. The van der Waals surface area contributed by atoms with Gasteiger partial charge in [-0.1, -0.05) is 25.2 Å². The molecule has 0 bridgehead atoms. The minimum Gasteiger partial charge on any atom is -0.467 e. The van der Waals surface area contributed by atoms with Crippen molar-refractivity contribution in [2.75, 3.05) is 0 Å². The molecule has 110 valence electrons. The van der Waals surface area contributed by atoms with E-state index in [9.17, 15) is 4.39 Å². The summed E-state index contributed by atoms with van der Waals surface area (Å²) in [5, 5.41) is 0.0627. The van der Waals surface area contributed by atoms with Gasteiger partial charge in [-0.2, -0.15) is 0 Å². The lowest BCUT2D eigenvalue weighted by molar-refractivity contribution is 0.230. The van der Waals surface area contributed by atoms with Crippen molar-refractivity contribution in [3.8, 4) is 0 Å². The van der Waals surface area contributed by atoms with Gasteiger partial charge in [-0.15, -0.1) is 11.6 Å². The van der Waals surface area contributed by atoms with E-state index in [0.717, 1.165) is 24.0 Å². The Morgan fingerprint density at radius 2 is 2.10 bits per heavy atom. The quantitative estimate of drug-likeness (QED) is 0.765. The van der Waals surface area contributed by atoms with Crippen molar-refractivity contribution in [3.63, 3.8) is 0 Å². The summed E-state index contributed by atoms with van der Waals surface area (Å²) in [6.07, 6.45) is 7.77. The molecule has 0 radical (unpaired) electrons. The minimum absolute atomic E-state index is 0.0627. The summed E-state index contributed by atoms with van der Waals surface area (Å²) >= 11 is 6.06. The number of allylic oxidation sites excluding steroid dienone is 2. The van der Waals surface area contributed by atoms with Crippen molar-refractivity contribution in [3.05, 3.63) is 59.4 Å². The van der Waals surface area contributed by atoms with Crippen LogP contribution >= 0.6 is 11.6 Å². The molecular formula is C17H17ClFNO. The highest BCUT2D eigenvalue weighted by Gasteiger charge is 2.32. The van der Waals surface area contributed by atoms with Crippen LogP contribution in [0.2, 0.25) is 0 Å². The number of halogens is 2. The molecular weight excluding hydrogens is 289 g/mol. The predicted molar refractivity (Wildman–Crippen MR) is 83.4 cm³/mol. The molecule has 3 unspecified atom stereocenters. The second-order valence-corrected chi connectivity index (χ2v) is 5.83. The minimum atomic E-state index is -0.257. The van der Waals surface area contributed by atoms with Crippen LogP contribution < -0.4 is 0 Å². The maximum Gasteiger partial charge on any atom is 0.217 e. The number of ether oxygens (including phenoxy) is 1. The molecule has 2 aliphatic rings. The first-order valence-corrected chi connectivity index (χ1v) is 7.63. The number of benzene rings is 1. The summed E-state index contributed by atoms with van der Waals surface area (Å²) in [6.45, 7) is 2.09. The molecule has 1 aromatic carbocycles. The van der Waals surface area contributed by atoms with Crippen LogP contribution in [0.3, 0.4) is 0 Å². The third-order valence-corrected chi connectivity index (χ3v) is 4.11. The highest BCUT2D eigenvalue weighted by molar-refractivity contribution is 6.22. The fourth-order valence-corrected chi connectivity index (χ4v) is 2.76. The Morgan fingerprint density at radius 1 is 1.33 bits per heavy atom. The average molecular weight is 306 g/mol. The Balaban J connectivity index is 1.81. The van der Waals surface area contributed by atoms with E-state index in [1.54, 1.807) is 12.1 Å². The van der Waals surface area contributed by atoms with Gasteiger partial charge in [0.15, 0.2) is 0 Å². The predicted octanol–water partition coefficient (Wildman–Crippen LogP) is 4.24. The number of alkyl halides is 1. The van der Waals surface area contributed by atoms with E-state index in [-0.39, 0.29) is 23.3 Å². The van der Waals surface area contributed by atoms with Gasteiger partial charge in [-0.05, 0) is 42.7 Å². The summed E-state index contributed by atoms with van der Waals surface area (Å²) in [7, 11) is 0.